The van der Waals surface area contributed by atoms with Gasteiger partial charge in [-0.15, -0.1) is 0 Å². The number of nitrogens with zero attached hydrogens (tertiary/aromatic N) is 2. The zero-order chi connectivity index (χ0) is 55.7. The molecule has 1 heterocycles. The molecule has 17 rings (SSSR count). The first-order chi connectivity index (χ1) is 40.4. The summed E-state index contributed by atoms with van der Waals surface area (Å²) < 4.78 is 0. The molecule has 0 saturated carbocycles. The lowest BCUT2D eigenvalue weighted by Crippen LogP contribution is -2.56. The van der Waals surface area contributed by atoms with Crippen molar-refractivity contribution in [2.75, 3.05) is 9.80 Å². The molecular formula is C80H60N2Si. The Kier molecular flexibility index (Phi) is 10.0. The summed E-state index contributed by atoms with van der Waals surface area (Å²) in [5.41, 5.74) is 20.2. The van der Waals surface area contributed by atoms with Crippen molar-refractivity contribution in [1.29, 1.82) is 0 Å². The van der Waals surface area contributed by atoms with Crippen LogP contribution in [0.25, 0.3) is 98.0 Å². The Morgan fingerprint density at radius 1 is 0.253 bits per heavy atom. The van der Waals surface area contributed by atoms with E-state index in [2.05, 4.69) is 305 Å². The van der Waals surface area contributed by atoms with Gasteiger partial charge in [-0.05, 0) is 210 Å². The van der Waals surface area contributed by atoms with Crippen molar-refractivity contribution < 1.29 is 0 Å². The molecule has 0 saturated heterocycles. The molecule has 394 valence electrons. The van der Waals surface area contributed by atoms with Crippen LogP contribution >= 0.6 is 0 Å². The second-order valence-corrected chi connectivity index (χ2v) is 29.6. The highest BCUT2D eigenvalue weighted by Crippen LogP contribution is 2.53. The maximum absolute atomic E-state index is 2.58. The average Bonchev–Trinajstić information content (AvgIpc) is 1.63. The Labute approximate surface area is 486 Å². The summed E-state index contributed by atoms with van der Waals surface area (Å²) in [5.74, 6) is 0. The van der Waals surface area contributed by atoms with Crippen LogP contribution in [-0.4, -0.2) is 8.07 Å². The van der Waals surface area contributed by atoms with Gasteiger partial charge in [0, 0.05) is 45.0 Å². The summed E-state index contributed by atoms with van der Waals surface area (Å²) in [7, 11) is -2.36. The molecule has 3 heteroatoms. The van der Waals surface area contributed by atoms with E-state index in [0.29, 0.717) is 0 Å². The van der Waals surface area contributed by atoms with Gasteiger partial charge in [-0.2, -0.15) is 0 Å². The Bertz CT molecular complexity index is 5160. The third-order valence-electron chi connectivity index (χ3n) is 19.7. The van der Waals surface area contributed by atoms with Crippen molar-refractivity contribution in [3.05, 3.63) is 277 Å². The van der Waals surface area contributed by atoms with Gasteiger partial charge in [-0.1, -0.05) is 217 Å². The summed E-state index contributed by atoms with van der Waals surface area (Å²) in [4.78, 5) is 5.03. The third kappa shape index (κ3) is 6.89. The minimum absolute atomic E-state index is 0.136. The molecule has 14 aromatic carbocycles. The fourth-order valence-corrected chi connectivity index (χ4v) is 18.6. The van der Waals surface area contributed by atoms with Gasteiger partial charge in [-0.25, -0.2) is 0 Å². The van der Waals surface area contributed by atoms with Crippen molar-refractivity contribution in [1.82, 2.24) is 0 Å². The van der Waals surface area contributed by atoms with Crippen molar-refractivity contribution >= 4 is 117 Å². The highest BCUT2D eigenvalue weighted by Gasteiger charge is 2.39. The standard InChI is InChI=1S/C80H60N2Si/c1-79(2)72-23-13-11-20-64(72)66-39-34-57(46-74(66)79)81(54-32-37-62-51(42-54)28-26-49-16-7-9-18-60(49)62)56-31-30-53-44-71-68-41-36-59(48-77(68)83(5,6)76-25-15-22-69(78(71)76)70(53)45-56)82(55-33-38-63-52(43-55)29-27-50-17-8-10-19-61(50)63)58-35-40-67-65-21-12-14-24-73(65)80(3,4)75(67)47-58/h7-48H,1-6H3. The Balaban J connectivity index is 0.830. The minimum Gasteiger partial charge on any atom is -0.310 e. The van der Waals surface area contributed by atoms with E-state index in [1.807, 2.05) is 0 Å². The van der Waals surface area contributed by atoms with Crippen molar-refractivity contribution in [2.45, 2.75) is 51.6 Å². The van der Waals surface area contributed by atoms with Crippen LogP contribution in [0.1, 0.15) is 49.9 Å². The summed E-state index contributed by atoms with van der Waals surface area (Å²) >= 11 is 0. The lowest BCUT2D eigenvalue weighted by atomic mass is 9.82. The van der Waals surface area contributed by atoms with Crippen LogP contribution in [0.5, 0.6) is 0 Å². The van der Waals surface area contributed by atoms with Crippen LogP contribution in [0.3, 0.4) is 0 Å². The molecule has 0 aromatic heterocycles. The number of benzene rings is 14. The van der Waals surface area contributed by atoms with Crippen LogP contribution in [-0.2, 0) is 10.8 Å². The topological polar surface area (TPSA) is 6.48 Å². The molecule has 0 radical (unpaired) electrons. The van der Waals surface area contributed by atoms with E-state index in [0.717, 1.165) is 22.7 Å². The molecule has 0 bridgehead atoms. The predicted octanol–water partition coefficient (Wildman–Crippen LogP) is 21.0. The van der Waals surface area contributed by atoms with E-state index in [-0.39, 0.29) is 10.8 Å². The molecule has 0 N–H and O–H groups in total. The summed E-state index contributed by atoms with van der Waals surface area (Å²) in [6, 6.07) is 97.4. The van der Waals surface area contributed by atoms with Crippen molar-refractivity contribution in [3.8, 4) is 33.4 Å². The third-order valence-corrected chi connectivity index (χ3v) is 23.3. The molecule has 0 spiro atoms. The molecule has 3 aliphatic rings. The van der Waals surface area contributed by atoms with E-state index in [9.17, 15) is 0 Å². The molecule has 0 amide bonds. The van der Waals surface area contributed by atoms with E-state index in [1.54, 1.807) is 0 Å². The molecule has 1 aliphatic heterocycles. The second-order valence-electron chi connectivity index (χ2n) is 25.3. The van der Waals surface area contributed by atoms with Crippen LogP contribution in [0.4, 0.5) is 34.1 Å². The molecule has 2 aliphatic carbocycles. The van der Waals surface area contributed by atoms with Crippen molar-refractivity contribution in [3.63, 3.8) is 0 Å². The van der Waals surface area contributed by atoms with Crippen LogP contribution < -0.4 is 20.2 Å². The van der Waals surface area contributed by atoms with Gasteiger partial charge in [0.25, 0.3) is 0 Å². The number of anilines is 6. The largest absolute Gasteiger partial charge is 0.310 e. The highest BCUT2D eigenvalue weighted by molar-refractivity contribution is 7.03. The predicted molar refractivity (Wildman–Crippen MR) is 358 cm³/mol. The monoisotopic (exact) mass is 1080 g/mol. The first-order valence-corrected chi connectivity index (χ1v) is 32.5. The lowest BCUT2D eigenvalue weighted by Gasteiger charge is -2.36. The van der Waals surface area contributed by atoms with Gasteiger partial charge in [0.1, 0.15) is 8.07 Å². The van der Waals surface area contributed by atoms with E-state index in [4.69, 9.17) is 0 Å². The quantitative estimate of drug-likeness (QED) is 0.121. The second kappa shape index (κ2) is 17.2. The zero-order valence-corrected chi connectivity index (χ0v) is 48.6. The van der Waals surface area contributed by atoms with Crippen LogP contribution in [0, 0.1) is 0 Å². The van der Waals surface area contributed by atoms with E-state index < -0.39 is 8.07 Å². The van der Waals surface area contributed by atoms with E-state index in [1.165, 1.54) is 142 Å². The summed E-state index contributed by atoms with van der Waals surface area (Å²) in [6.07, 6.45) is 0. The first kappa shape index (κ1) is 48.2. The SMILES string of the molecule is CC1(C)c2ccccc2-c2ccc(N(c3ccc4c(c3)[Si](C)(C)c3cccc5c3c-4cc3ccc(N(c4ccc6c(c4)C(C)(C)c4ccccc4-6)c4ccc6c(ccc7ccccc76)c4)cc35)c3ccc4c(ccc5ccccc54)c3)cc21. The molecule has 83 heavy (non-hydrogen) atoms. The molecule has 0 unspecified atom stereocenters. The molecule has 0 fully saturated rings. The fraction of sp³-hybridized carbons (Fsp3) is 0.100. The Hall–Kier alpha value is -9.54. The average molecular weight is 1080 g/mol. The lowest BCUT2D eigenvalue weighted by molar-refractivity contribution is 0.660. The number of rotatable bonds is 6. The Morgan fingerprint density at radius 2 is 0.651 bits per heavy atom. The first-order valence-electron chi connectivity index (χ1n) is 29.5. The number of hydrogen-bond donors (Lipinski definition) is 0. The smallest absolute Gasteiger partial charge is 0.113 e. The molecule has 0 atom stereocenters. The van der Waals surface area contributed by atoms with Crippen LogP contribution in [0.2, 0.25) is 13.1 Å². The molecule has 2 nitrogen and oxygen atoms in total. The molecule has 14 aromatic rings. The normalized spacial score (nSPS) is 14.7. The van der Waals surface area contributed by atoms with Gasteiger partial charge < -0.3 is 9.80 Å². The number of fused-ring (bicyclic) bond motifs is 16. The Morgan fingerprint density at radius 3 is 1.23 bits per heavy atom. The number of hydrogen-bond acceptors (Lipinski definition) is 2. The highest BCUT2D eigenvalue weighted by atomic mass is 28.3. The van der Waals surface area contributed by atoms with Gasteiger partial charge in [-0.3, -0.25) is 0 Å². The van der Waals surface area contributed by atoms with Crippen molar-refractivity contribution in [2.24, 2.45) is 0 Å². The summed E-state index contributed by atoms with van der Waals surface area (Å²) in [6.45, 7) is 14.7. The van der Waals surface area contributed by atoms with E-state index >= 15 is 0 Å². The maximum atomic E-state index is 2.58. The fourth-order valence-electron chi connectivity index (χ4n) is 15.5. The van der Waals surface area contributed by atoms with Crippen LogP contribution in [0.15, 0.2) is 255 Å². The summed E-state index contributed by atoms with van der Waals surface area (Å²) in [5, 5.41) is 18.3. The molecular weight excluding hydrogens is 1020 g/mol. The van der Waals surface area contributed by atoms with Gasteiger partial charge in [0.15, 0.2) is 0 Å². The van der Waals surface area contributed by atoms with Gasteiger partial charge in [0.05, 0.1) is 0 Å². The maximum Gasteiger partial charge on any atom is 0.113 e. The minimum atomic E-state index is -2.36. The zero-order valence-electron chi connectivity index (χ0n) is 47.6. The van der Waals surface area contributed by atoms with Gasteiger partial charge >= 0.3 is 0 Å². The van der Waals surface area contributed by atoms with Gasteiger partial charge in [0.2, 0.25) is 0 Å².